The van der Waals surface area contributed by atoms with Crippen LogP contribution in [0.25, 0.3) is 5.69 Å². The molecular weight excluding hydrogens is 322 g/mol. The summed E-state index contributed by atoms with van der Waals surface area (Å²) >= 11 is 1.48. The molecule has 122 valence electrons. The molecule has 0 spiro atoms. The average Bonchev–Trinajstić information content (AvgIpc) is 3.18. The zero-order valence-corrected chi connectivity index (χ0v) is 14.0. The first-order valence-electron chi connectivity index (χ1n) is 7.74. The number of anilines is 1. The molecule has 0 radical (unpaired) electrons. The Labute approximate surface area is 143 Å². The lowest BCUT2D eigenvalue weighted by molar-refractivity contribution is -0.121. The van der Waals surface area contributed by atoms with Crippen molar-refractivity contribution >= 4 is 22.4 Å². The number of carbonyl (C=O) groups excluding carboxylic acids is 1. The largest absolute Gasteiger partial charge is 0.375 e. The molecule has 0 saturated heterocycles. The number of fused-ring (bicyclic) bond motifs is 1. The molecule has 0 aliphatic carbocycles. The Kier molecular flexibility index (Phi) is 3.57. The van der Waals surface area contributed by atoms with Gasteiger partial charge < -0.3 is 11.1 Å². The zero-order chi connectivity index (χ0) is 16.7. The number of amides is 1. The van der Waals surface area contributed by atoms with E-state index < -0.39 is 0 Å². The van der Waals surface area contributed by atoms with Crippen LogP contribution in [0.1, 0.15) is 34.0 Å². The summed E-state index contributed by atoms with van der Waals surface area (Å²) in [6, 6.07) is 8.10. The lowest BCUT2D eigenvalue weighted by Crippen LogP contribution is -2.21. The molecule has 7 heteroatoms. The first-order chi connectivity index (χ1) is 11.6. The average molecular weight is 339 g/mol. The van der Waals surface area contributed by atoms with Gasteiger partial charge in [0.2, 0.25) is 5.91 Å². The monoisotopic (exact) mass is 339 g/mol. The molecule has 3 aromatic rings. The third-order valence-electron chi connectivity index (χ3n) is 4.30. The third-order valence-corrected chi connectivity index (χ3v) is 5.34. The molecule has 0 saturated carbocycles. The van der Waals surface area contributed by atoms with Gasteiger partial charge in [-0.05, 0) is 36.2 Å². The van der Waals surface area contributed by atoms with Crippen LogP contribution in [-0.2, 0) is 11.3 Å². The van der Waals surface area contributed by atoms with Gasteiger partial charge in [-0.25, -0.2) is 9.67 Å². The van der Waals surface area contributed by atoms with Crippen molar-refractivity contribution in [2.24, 2.45) is 0 Å². The maximum Gasteiger partial charge on any atom is 0.221 e. The molecule has 1 atom stereocenters. The Morgan fingerprint density at radius 1 is 1.42 bits per heavy atom. The molecular formula is C17H17N5OS. The summed E-state index contributed by atoms with van der Waals surface area (Å²) < 4.78 is 1.83. The van der Waals surface area contributed by atoms with Crippen molar-refractivity contribution in [2.45, 2.75) is 25.8 Å². The van der Waals surface area contributed by atoms with Gasteiger partial charge in [-0.2, -0.15) is 5.10 Å². The number of nitrogens with two attached hydrogens (primary N) is 1. The minimum Gasteiger partial charge on any atom is -0.375 e. The maximum absolute atomic E-state index is 12.1. The molecule has 1 amide bonds. The molecule has 0 unspecified atom stereocenters. The van der Waals surface area contributed by atoms with Crippen LogP contribution in [0.3, 0.4) is 0 Å². The summed E-state index contributed by atoms with van der Waals surface area (Å²) in [7, 11) is 0. The number of thiazole rings is 1. The number of rotatable bonds is 2. The minimum atomic E-state index is -0.0102. The van der Waals surface area contributed by atoms with Crippen molar-refractivity contribution in [3.8, 4) is 5.69 Å². The highest BCUT2D eigenvalue weighted by atomic mass is 32.1. The molecule has 24 heavy (non-hydrogen) atoms. The van der Waals surface area contributed by atoms with Gasteiger partial charge in [0.05, 0.1) is 17.9 Å². The minimum absolute atomic E-state index is 0.0102. The maximum atomic E-state index is 12.1. The summed E-state index contributed by atoms with van der Waals surface area (Å²) in [6.07, 6.45) is 4.08. The summed E-state index contributed by atoms with van der Waals surface area (Å²) in [5.41, 5.74) is 10.0. The molecule has 4 rings (SSSR count). The van der Waals surface area contributed by atoms with Crippen molar-refractivity contribution in [1.82, 2.24) is 20.1 Å². The normalized spacial score (nSPS) is 17.2. The van der Waals surface area contributed by atoms with Crippen molar-refractivity contribution in [1.29, 1.82) is 0 Å². The number of nitrogens with zero attached hydrogens (tertiary/aromatic N) is 3. The van der Waals surface area contributed by atoms with E-state index >= 15 is 0 Å². The summed E-state index contributed by atoms with van der Waals surface area (Å²) in [5.74, 6) is 0.0308. The van der Waals surface area contributed by atoms with Gasteiger partial charge >= 0.3 is 0 Å². The standard InChI is InChI=1S/C17H17N5OS/c1-10-7-11(22-6-2-5-20-22)3-4-12(10)13-8-15(23)19-9-14-16(13)24-17(18)21-14/h2-7,13H,8-9H2,1H3,(H2,18,21)(H,19,23)/t13-/m1/s1. The second-order valence-corrected chi connectivity index (χ2v) is 6.95. The molecule has 3 heterocycles. The van der Waals surface area contributed by atoms with Crippen molar-refractivity contribution < 1.29 is 4.79 Å². The van der Waals surface area contributed by atoms with Crippen LogP contribution in [0.15, 0.2) is 36.7 Å². The molecule has 1 aromatic carbocycles. The number of hydrogen-bond donors (Lipinski definition) is 2. The Hall–Kier alpha value is -2.67. The van der Waals surface area contributed by atoms with Crippen LogP contribution in [-0.4, -0.2) is 20.7 Å². The van der Waals surface area contributed by atoms with E-state index in [1.807, 2.05) is 23.0 Å². The first kappa shape index (κ1) is 14.9. The summed E-state index contributed by atoms with van der Waals surface area (Å²) in [6.45, 7) is 2.51. The fourth-order valence-electron chi connectivity index (χ4n) is 3.18. The smallest absolute Gasteiger partial charge is 0.221 e. The van der Waals surface area contributed by atoms with E-state index in [4.69, 9.17) is 5.73 Å². The van der Waals surface area contributed by atoms with Gasteiger partial charge in [-0.3, -0.25) is 4.79 Å². The first-order valence-corrected chi connectivity index (χ1v) is 8.56. The second-order valence-electron chi connectivity index (χ2n) is 5.89. The van der Waals surface area contributed by atoms with Crippen molar-refractivity contribution in [3.63, 3.8) is 0 Å². The number of aryl methyl sites for hydroxylation is 1. The van der Waals surface area contributed by atoms with E-state index in [0.29, 0.717) is 18.1 Å². The van der Waals surface area contributed by atoms with Gasteiger partial charge in [-0.15, -0.1) is 11.3 Å². The predicted octanol–water partition coefficient (Wildman–Crippen LogP) is 2.37. The molecule has 1 aliphatic heterocycles. The lowest BCUT2D eigenvalue weighted by atomic mass is 9.90. The Balaban J connectivity index is 1.78. The van der Waals surface area contributed by atoms with Crippen molar-refractivity contribution in [3.05, 3.63) is 58.4 Å². The van der Waals surface area contributed by atoms with E-state index in [1.54, 1.807) is 6.20 Å². The van der Waals surface area contributed by atoms with Crippen LogP contribution < -0.4 is 11.1 Å². The van der Waals surface area contributed by atoms with Gasteiger partial charge in [0, 0.05) is 29.6 Å². The number of nitrogen functional groups attached to an aromatic ring is 1. The van der Waals surface area contributed by atoms with Crippen LogP contribution in [0.2, 0.25) is 0 Å². The van der Waals surface area contributed by atoms with Gasteiger partial charge in [0.15, 0.2) is 5.13 Å². The van der Waals surface area contributed by atoms with Crippen LogP contribution in [0.5, 0.6) is 0 Å². The third kappa shape index (κ3) is 2.56. The topological polar surface area (TPSA) is 85.8 Å². The number of aromatic nitrogens is 3. The van der Waals surface area contributed by atoms with E-state index in [1.165, 1.54) is 11.3 Å². The number of nitrogens with one attached hydrogen (secondary N) is 1. The number of benzene rings is 1. The highest BCUT2D eigenvalue weighted by Crippen LogP contribution is 2.38. The van der Waals surface area contributed by atoms with Gasteiger partial charge in [-0.1, -0.05) is 6.07 Å². The fourth-order valence-corrected chi connectivity index (χ4v) is 4.15. The lowest BCUT2D eigenvalue weighted by Gasteiger charge is -2.17. The van der Waals surface area contributed by atoms with Gasteiger partial charge in [0.1, 0.15) is 0 Å². The Bertz CT molecular complexity index is 900. The highest BCUT2D eigenvalue weighted by Gasteiger charge is 2.28. The second kappa shape index (κ2) is 5.76. The highest BCUT2D eigenvalue weighted by molar-refractivity contribution is 7.15. The van der Waals surface area contributed by atoms with E-state index in [9.17, 15) is 4.79 Å². The number of carbonyl (C=O) groups is 1. The molecule has 1 aliphatic rings. The quantitative estimate of drug-likeness (QED) is 0.750. The molecule has 0 bridgehead atoms. The fraction of sp³-hybridized carbons (Fsp3) is 0.235. The SMILES string of the molecule is Cc1cc(-n2cccn2)ccc1[C@H]1CC(=O)NCc2nc(N)sc21. The van der Waals surface area contributed by atoms with Crippen LogP contribution >= 0.6 is 11.3 Å². The predicted molar refractivity (Wildman–Crippen MR) is 93.1 cm³/mol. The molecule has 3 N–H and O–H groups in total. The van der Waals surface area contributed by atoms with E-state index in [-0.39, 0.29) is 11.8 Å². The van der Waals surface area contributed by atoms with Gasteiger partial charge in [0.25, 0.3) is 0 Å². The molecule has 6 nitrogen and oxygen atoms in total. The van der Waals surface area contributed by atoms with Crippen LogP contribution in [0.4, 0.5) is 5.13 Å². The Morgan fingerprint density at radius 3 is 3.04 bits per heavy atom. The molecule has 2 aromatic heterocycles. The van der Waals surface area contributed by atoms with Crippen molar-refractivity contribution in [2.75, 3.05) is 5.73 Å². The Morgan fingerprint density at radius 2 is 2.29 bits per heavy atom. The number of hydrogen-bond acceptors (Lipinski definition) is 5. The molecule has 0 fully saturated rings. The van der Waals surface area contributed by atoms with E-state index in [2.05, 4.69) is 34.5 Å². The zero-order valence-electron chi connectivity index (χ0n) is 13.2. The van der Waals surface area contributed by atoms with Crippen LogP contribution in [0, 0.1) is 6.92 Å². The summed E-state index contributed by atoms with van der Waals surface area (Å²) in [4.78, 5) is 17.6. The van der Waals surface area contributed by atoms with E-state index in [0.717, 1.165) is 27.4 Å². The summed E-state index contributed by atoms with van der Waals surface area (Å²) in [5, 5.41) is 7.71.